The van der Waals surface area contributed by atoms with E-state index in [2.05, 4.69) is 20.8 Å². The molecule has 2 heteroatoms. The van der Waals surface area contributed by atoms with Crippen LogP contribution in [0.1, 0.15) is 66.2 Å². The summed E-state index contributed by atoms with van der Waals surface area (Å²) in [7, 11) is 0. The van der Waals surface area contributed by atoms with Gasteiger partial charge in [-0.3, -0.25) is 0 Å². The average molecular weight is 240 g/mol. The van der Waals surface area contributed by atoms with E-state index in [1.807, 2.05) is 6.92 Å². The standard InChI is InChI=1S/C15H28O2/c1-11(2)12-6-9-13(3)7-5-8-14(4,16)15(13,17)10-12/h11-12,16-17H,5-10H2,1-4H3. The van der Waals surface area contributed by atoms with E-state index in [1.165, 1.54) is 6.42 Å². The van der Waals surface area contributed by atoms with Crippen LogP contribution in [0.2, 0.25) is 0 Å². The number of hydrogen-bond acceptors (Lipinski definition) is 2. The summed E-state index contributed by atoms with van der Waals surface area (Å²) in [5.74, 6) is 1.15. The molecule has 2 nitrogen and oxygen atoms in total. The van der Waals surface area contributed by atoms with Gasteiger partial charge >= 0.3 is 0 Å². The lowest BCUT2D eigenvalue weighted by molar-refractivity contribution is -0.253. The molecule has 2 fully saturated rings. The molecule has 2 aliphatic carbocycles. The Morgan fingerprint density at radius 2 is 1.71 bits per heavy atom. The summed E-state index contributed by atoms with van der Waals surface area (Å²) >= 11 is 0. The molecule has 4 atom stereocenters. The van der Waals surface area contributed by atoms with Gasteiger partial charge in [0.05, 0.1) is 11.2 Å². The van der Waals surface area contributed by atoms with Gasteiger partial charge in [-0.05, 0) is 62.7 Å². The first kappa shape index (κ1) is 13.4. The largest absolute Gasteiger partial charge is 0.387 e. The molecule has 0 saturated heterocycles. The Kier molecular flexibility index (Phi) is 3.11. The van der Waals surface area contributed by atoms with Gasteiger partial charge in [0.25, 0.3) is 0 Å². The summed E-state index contributed by atoms with van der Waals surface area (Å²) in [6.07, 6.45) is 5.87. The van der Waals surface area contributed by atoms with Crippen molar-refractivity contribution in [2.45, 2.75) is 77.4 Å². The van der Waals surface area contributed by atoms with E-state index >= 15 is 0 Å². The van der Waals surface area contributed by atoms with Crippen molar-refractivity contribution < 1.29 is 10.2 Å². The van der Waals surface area contributed by atoms with E-state index in [0.717, 1.165) is 32.1 Å². The van der Waals surface area contributed by atoms with Crippen molar-refractivity contribution in [2.75, 3.05) is 0 Å². The molecule has 0 aromatic carbocycles. The molecule has 2 aliphatic rings. The van der Waals surface area contributed by atoms with Crippen LogP contribution in [0, 0.1) is 17.3 Å². The molecule has 0 spiro atoms. The second-order valence-corrected chi connectivity index (χ2v) is 7.30. The highest BCUT2D eigenvalue weighted by Crippen LogP contribution is 2.58. The predicted octanol–water partition coefficient (Wildman–Crippen LogP) is 3.11. The Morgan fingerprint density at radius 3 is 2.29 bits per heavy atom. The first-order valence-electron chi connectivity index (χ1n) is 7.17. The van der Waals surface area contributed by atoms with Gasteiger partial charge in [-0.15, -0.1) is 0 Å². The fraction of sp³-hybridized carbons (Fsp3) is 1.00. The van der Waals surface area contributed by atoms with E-state index in [1.54, 1.807) is 0 Å². The molecule has 0 bridgehead atoms. The molecule has 17 heavy (non-hydrogen) atoms. The maximum atomic E-state index is 11.1. The van der Waals surface area contributed by atoms with Crippen LogP contribution >= 0.6 is 0 Å². The maximum absolute atomic E-state index is 11.1. The lowest BCUT2D eigenvalue weighted by atomic mass is 9.50. The van der Waals surface area contributed by atoms with E-state index < -0.39 is 11.2 Å². The molecule has 0 aromatic rings. The monoisotopic (exact) mass is 240 g/mol. The van der Waals surface area contributed by atoms with Crippen molar-refractivity contribution in [1.29, 1.82) is 0 Å². The van der Waals surface area contributed by atoms with Gasteiger partial charge in [0.15, 0.2) is 0 Å². The second-order valence-electron chi connectivity index (χ2n) is 7.30. The number of rotatable bonds is 1. The fourth-order valence-corrected chi connectivity index (χ4v) is 4.24. The smallest absolute Gasteiger partial charge is 0.0986 e. The van der Waals surface area contributed by atoms with Gasteiger partial charge in [0.1, 0.15) is 0 Å². The van der Waals surface area contributed by atoms with Crippen molar-refractivity contribution in [3.05, 3.63) is 0 Å². The minimum Gasteiger partial charge on any atom is -0.387 e. The normalized spacial score (nSPS) is 51.4. The van der Waals surface area contributed by atoms with Crippen LogP contribution < -0.4 is 0 Å². The molecule has 2 N–H and O–H groups in total. The molecule has 2 saturated carbocycles. The molecule has 100 valence electrons. The summed E-state index contributed by atoms with van der Waals surface area (Å²) in [5.41, 5.74) is -1.88. The highest BCUT2D eigenvalue weighted by molar-refractivity contribution is 5.13. The van der Waals surface area contributed by atoms with Crippen LogP contribution in [-0.4, -0.2) is 21.4 Å². The van der Waals surface area contributed by atoms with Crippen molar-refractivity contribution in [2.24, 2.45) is 17.3 Å². The molecule has 0 radical (unpaired) electrons. The highest BCUT2D eigenvalue weighted by atomic mass is 16.4. The molecule has 2 rings (SSSR count). The van der Waals surface area contributed by atoms with Crippen LogP contribution in [0.3, 0.4) is 0 Å². The van der Waals surface area contributed by atoms with Crippen molar-refractivity contribution in [1.82, 2.24) is 0 Å². The predicted molar refractivity (Wildman–Crippen MR) is 69.7 cm³/mol. The van der Waals surface area contributed by atoms with Crippen molar-refractivity contribution >= 4 is 0 Å². The number of aliphatic hydroxyl groups is 2. The van der Waals surface area contributed by atoms with Crippen molar-refractivity contribution in [3.63, 3.8) is 0 Å². The zero-order valence-electron chi connectivity index (χ0n) is 11.8. The SMILES string of the molecule is CC(C)C1CCC2(C)CCCC(C)(O)C2(O)C1. The van der Waals surface area contributed by atoms with Gasteiger partial charge in [-0.1, -0.05) is 20.8 Å². The van der Waals surface area contributed by atoms with Gasteiger partial charge < -0.3 is 10.2 Å². The van der Waals surface area contributed by atoms with E-state index in [9.17, 15) is 10.2 Å². The third-order valence-electron chi connectivity index (χ3n) is 5.85. The van der Waals surface area contributed by atoms with Crippen LogP contribution in [-0.2, 0) is 0 Å². The first-order chi connectivity index (χ1) is 7.72. The summed E-state index contributed by atoms with van der Waals surface area (Å²) < 4.78 is 0. The van der Waals surface area contributed by atoms with Gasteiger partial charge in [-0.25, -0.2) is 0 Å². The summed E-state index contributed by atoms with van der Waals surface area (Å²) in [4.78, 5) is 0. The van der Waals surface area contributed by atoms with Crippen LogP contribution in [0.25, 0.3) is 0 Å². The molecular weight excluding hydrogens is 212 g/mol. The zero-order chi connectivity index (χ0) is 12.9. The van der Waals surface area contributed by atoms with E-state index in [-0.39, 0.29) is 5.41 Å². The quantitative estimate of drug-likeness (QED) is 0.739. The van der Waals surface area contributed by atoms with Gasteiger partial charge in [-0.2, -0.15) is 0 Å². The number of hydrogen-bond donors (Lipinski definition) is 2. The highest BCUT2D eigenvalue weighted by Gasteiger charge is 2.61. The summed E-state index contributed by atoms with van der Waals surface area (Å²) in [6, 6.07) is 0. The average Bonchev–Trinajstić information content (AvgIpc) is 2.20. The second kappa shape index (κ2) is 3.96. The summed E-state index contributed by atoms with van der Waals surface area (Å²) in [5, 5.41) is 21.8. The maximum Gasteiger partial charge on any atom is 0.0986 e. The Morgan fingerprint density at radius 1 is 1.06 bits per heavy atom. The molecule has 0 amide bonds. The Hall–Kier alpha value is -0.0800. The molecule has 0 heterocycles. The van der Waals surface area contributed by atoms with Gasteiger partial charge in [0, 0.05) is 0 Å². The van der Waals surface area contributed by atoms with Crippen LogP contribution in [0.5, 0.6) is 0 Å². The third-order valence-corrected chi connectivity index (χ3v) is 5.85. The molecule has 0 aromatic heterocycles. The lowest BCUT2D eigenvalue weighted by Gasteiger charge is -2.60. The zero-order valence-corrected chi connectivity index (χ0v) is 11.8. The van der Waals surface area contributed by atoms with Crippen LogP contribution in [0.15, 0.2) is 0 Å². The van der Waals surface area contributed by atoms with Gasteiger partial charge in [0.2, 0.25) is 0 Å². The lowest BCUT2D eigenvalue weighted by Crippen LogP contribution is -2.66. The van der Waals surface area contributed by atoms with E-state index in [0.29, 0.717) is 11.8 Å². The van der Waals surface area contributed by atoms with Crippen molar-refractivity contribution in [3.8, 4) is 0 Å². The fourth-order valence-electron chi connectivity index (χ4n) is 4.24. The minimum absolute atomic E-state index is 0.0832. The summed E-state index contributed by atoms with van der Waals surface area (Å²) in [6.45, 7) is 8.48. The Labute approximate surface area is 105 Å². The topological polar surface area (TPSA) is 40.5 Å². The minimum atomic E-state index is -0.909. The Balaban J connectivity index is 2.32. The molecular formula is C15H28O2. The first-order valence-corrected chi connectivity index (χ1v) is 7.17. The van der Waals surface area contributed by atoms with E-state index in [4.69, 9.17) is 0 Å². The molecule has 4 unspecified atom stereocenters. The Bertz CT molecular complexity index is 297. The van der Waals surface area contributed by atoms with Crippen LogP contribution in [0.4, 0.5) is 0 Å². The number of fused-ring (bicyclic) bond motifs is 1. The molecule has 0 aliphatic heterocycles. The third kappa shape index (κ3) is 1.84.